The van der Waals surface area contributed by atoms with E-state index in [0.717, 1.165) is 38.9 Å². The Hall–Kier alpha value is -3.80. The number of hydrogen-bond acceptors (Lipinski definition) is 8. The van der Waals surface area contributed by atoms with Gasteiger partial charge < -0.3 is 14.2 Å². The second-order valence-electron chi connectivity index (χ2n) is 10.6. The summed E-state index contributed by atoms with van der Waals surface area (Å²) in [6.07, 6.45) is 0.754. The summed E-state index contributed by atoms with van der Waals surface area (Å²) in [5.74, 6) is -0.0160. The highest BCUT2D eigenvalue weighted by molar-refractivity contribution is 7.89. The number of carbonyl (C=O) groups is 1. The van der Waals surface area contributed by atoms with Crippen LogP contribution in [0.1, 0.15) is 47.1 Å². The lowest BCUT2D eigenvalue weighted by molar-refractivity contribution is -0.143. The van der Waals surface area contributed by atoms with Gasteiger partial charge in [-0.25, -0.2) is 13.1 Å². The van der Waals surface area contributed by atoms with Crippen LogP contribution in [-0.4, -0.2) is 66.7 Å². The maximum absolute atomic E-state index is 13.6. The van der Waals surface area contributed by atoms with Crippen molar-refractivity contribution in [2.24, 2.45) is 0 Å². The van der Waals surface area contributed by atoms with Crippen molar-refractivity contribution in [3.8, 4) is 5.75 Å². The van der Waals surface area contributed by atoms with Crippen LogP contribution in [0.25, 0.3) is 11.0 Å². The van der Waals surface area contributed by atoms with Crippen molar-refractivity contribution in [1.29, 1.82) is 0 Å². The van der Waals surface area contributed by atoms with Gasteiger partial charge in [0, 0.05) is 19.0 Å². The Morgan fingerprint density at radius 1 is 1.02 bits per heavy atom. The topological polar surface area (TPSA) is 113 Å². The first-order chi connectivity index (χ1) is 20.3. The van der Waals surface area contributed by atoms with Crippen molar-refractivity contribution in [2.45, 2.75) is 50.6 Å². The summed E-state index contributed by atoms with van der Waals surface area (Å²) in [4.78, 5) is 13.0. The molecule has 10 nitrogen and oxygen atoms in total. The van der Waals surface area contributed by atoms with Gasteiger partial charge in [0.15, 0.2) is 0 Å². The molecule has 11 heteroatoms. The number of ether oxygens (including phenoxy) is 3. The number of hydrogen-bond donors (Lipinski definition) is 0. The molecular weight excluding hydrogens is 556 g/mol. The summed E-state index contributed by atoms with van der Waals surface area (Å²) in [7, 11) is -3.72. The zero-order chi connectivity index (χ0) is 29.3. The Balaban J connectivity index is 1.43. The molecule has 2 unspecified atom stereocenters. The third-order valence-corrected chi connectivity index (χ3v) is 9.91. The first-order valence-electron chi connectivity index (χ1n) is 14.3. The lowest BCUT2D eigenvalue weighted by Gasteiger charge is -2.29. The molecule has 42 heavy (non-hydrogen) atoms. The molecule has 6 heterocycles. The van der Waals surface area contributed by atoms with Crippen LogP contribution in [0.2, 0.25) is 0 Å². The molecule has 5 aliphatic heterocycles. The predicted octanol–water partition coefficient (Wildman–Crippen LogP) is 3.98. The molecule has 3 aromatic carbocycles. The Morgan fingerprint density at radius 2 is 1.86 bits per heavy atom. The van der Waals surface area contributed by atoms with Crippen molar-refractivity contribution < 1.29 is 27.4 Å². The number of esters is 1. The Morgan fingerprint density at radius 3 is 2.67 bits per heavy atom. The summed E-state index contributed by atoms with van der Waals surface area (Å²) < 4.78 is 47.4. The molecule has 5 aliphatic rings. The molecule has 0 fully saturated rings. The highest BCUT2D eigenvalue weighted by Crippen LogP contribution is 2.36. The van der Waals surface area contributed by atoms with Crippen molar-refractivity contribution in [1.82, 2.24) is 19.3 Å². The summed E-state index contributed by atoms with van der Waals surface area (Å²) in [6, 6.07) is 16.7. The average molecular weight is 591 g/mol. The fraction of sp³-hybridized carbons (Fsp3) is 0.387. The maximum Gasteiger partial charge on any atom is 0.306 e. The van der Waals surface area contributed by atoms with Crippen molar-refractivity contribution in [3.05, 3.63) is 82.4 Å². The van der Waals surface area contributed by atoms with E-state index >= 15 is 0 Å². The van der Waals surface area contributed by atoms with Gasteiger partial charge in [-0.15, -0.1) is 5.10 Å². The number of benzene rings is 3. The van der Waals surface area contributed by atoms with E-state index < -0.39 is 10.0 Å². The largest absolute Gasteiger partial charge is 0.491 e. The molecule has 4 aromatic rings. The maximum atomic E-state index is 13.6. The molecule has 0 radical (unpaired) electrons. The van der Waals surface area contributed by atoms with Crippen LogP contribution in [0.15, 0.2) is 59.5 Å². The molecule has 1 aromatic heterocycles. The minimum Gasteiger partial charge on any atom is -0.491 e. The lowest BCUT2D eigenvalue weighted by atomic mass is 9.83. The third-order valence-electron chi connectivity index (χ3n) is 8.05. The summed E-state index contributed by atoms with van der Waals surface area (Å²) in [5.41, 5.74) is 6.52. The number of rotatable bonds is 3. The molecule has 0 saturated heterocycles. The number of nitrogens with zero attached hydrogens (tertiary/aromatic N) is 4. The average Bonchev–Trinajstić information content (AvgIpc) is 3.41. The Kier molecular flexibility index (Phi) is 7.98. The van der Waals surface area contributed by atoms with Gasteiger partial charge in [0.05, 0.1) is 43.2 Å². The van der Waals surface area contributed by atoms with Gasteiger partial charge in [-0.1, -0.05) is 29.5 Å². The standard InChI is InChI=1S/C31H34N4O6S/c1-3-40-30(36)19-28-23-5-4-22-12-13-34(20-24(22)18-23)42(37,38)26-8-6-25(7-9-26)41-17-16-39-15-14-35-29-11-10-27(28)21(2)31(29)32-33-35/h4-11,18,28H,3,12-17,19-20H2,1-2H3. The molecular formula is C31H34N4O6S. The van der Waals surface area contributed by atoms with Crippen molar-refractivity contribution >= 4 is 27.0 Å². The SMILES string of the molecule is CCOC(=O)CC1c2ccc3c(c2)CN(CC3)S(=O)(=O)c2ccc(cc2)OCCOCCn2nnc3c(C)c1ccc32. The fourth-order valence-corrected chi connectivity index (χ4v) is 7.24. The molecule has 2 atom stereocenters. The monoisotopic (exact) mass is 590 g/mol. The summed E-state index contributed by atoms with van der Waals surface area (Å²) >= 11 is 0. The van der Waals surface area contributed by atoms with Crippen LogP contribution in [0.3, 0.4) is 0 Å². The van der Waals surface area contributed by atoms with E-state index in [1.165, 1.54) is 4.31 Å². The van der Waals surface area contributed by atoms with Gasteiger partial charge >= 0.3 is 5.97 Å². The Labute approximate surface area is 245 Å². The first-order valence-corrected chi connectivity index (χ1v) is 15.7. The molecule has 0 saturated carbocycles. The third kappa shape index (κ3) is 5.51. The van der Waals surface area contributed by atoms with E-state index in [9.17, 15) is 13.2 Å². The quantitative estimate of drug-likeness (QED) is 0.330. The molecule has 0 aliphatic carbocycles. The zero-order valence-electron chi connectivity index (χ0n) is 23.8. The van der Waals surface area contributed by atoms with Gasteiger partial charge in [0.2, 0.25) is 10.0 Å². The molecule has 9 rings (SSSR count). The molecule has 220 valence electrons. The second-order valence-corrected chi connectivity index (χ2v) is 12.5. The zero-order valence-corrected chi connectivity index (χ0v) is 24.6. The molecule has 0 spiro atoms. The smallest absolute Gasteiger partial charge is 0.306 e. The van der Waals surface area contributed by atoms with Gasteiger partial charge in [-0.3, -0.25) is 4.79 Å². The van der Waals surface area contributed by atoms with E-state index in [4.69, 9.17) is 14.2 Å². The number of sulfonamides is 1. The number of carbonyl (C=O) groups excluding carboxylic acids is 1. The van der Waals surface area contributed by atoms with Crippen molar-refractivity contribution in [2.75, 3.05) is 33.0 Å². The summed E-state index contributed by atoms with van der Waals surface area (Å²) in [5, 5.41) is 8.84. The number of aryl methyl sites for hydroxylation is 1. The highest BCUT2D eigenvalue weighted by atomic mass is 32.2. The second kappa shape index (κ2) is 11.8. The van der Waals surface area contributed by atoms with Gasteiger partial charge in [0.1, 0.15) is 17.9 Å². The van der Waals surface area contributed by atoms with Crippen LogP contribution < -0.4 is 4.74 Å². The van der Waals surface area contributed by atoms with Crippen molar-refractivity contribution in [3.63, 3.8) is 0 Å². The van der Waals surface area contributed by atoms with E-state index in [-0.39, 0.29) is 29.7 Å². The first kappa shape index (κ1) is 28.3. The number of aromatic nitrogens is 3. The van der Waals surface area contributed by atoms with E-state index in [1.807, 2.05) is 35.9 Å². The van der Waals surface area contributed by atoms with Crippen LogP contribution in [0.5, 0.6) is 5.75 Å². The fourth-order valence-electron chi connectivity index (χ4n) is 5.82. The summed E-state index contributed by atoms with van der Waals surface area (Å²) in [6.45, 7) is 6.39. The van der Waals surface area contributed by atoms with Crippen LogP contribution in [0, 0.1) is 6.92 Å². The lowest BCUT2D eigenvalue weighted by Crippen LogP contribution is -2.36. The highest BCUT2D eigenvalue weighted by Gasteiger charge is 2.30. The molecule has 9 bridgehead atoms. The minimum absolute atomic E-state index is 0.150. The Bertz CT molecular complexity index is 1720. The van der Waals surface area contributed by atoms with E-state index in [1.54, 1.807) is 31.2 Å². The predicted molar refractivity (Wildman–Crippen MR) is 156 cm³/mol. The molecule has 0 N–H and O–H groups in total. The van der Waals surface area contributed by atoms with Gasteiger partial charge in [-0.2, -0.15) is 4.31 Å². The minimum atomic E-state index is -3.72. The van der Waals surface area contributed by atoms with Gasteiger partial charge in [-0.05, 0) is 78.4 Å². The van der Waals surface area contributed by atoms with E-state index in [0.29, 0.717) is 51.7 Å². The van der Waals surface area contributed by atoms with Gasteiger partial charge in [0.25, 0.3) is 0 Å². The van der Waals surface area contributed by atoms with Crippen LogP contribution in [0.4, 0.5) is 0 Å². The van der Waals surface area contributed by atoms with E-state index in [2.05, 4.69) is 16.4 Å². The van der Waals surface area contributed by atoms with Crippen LogP contribution in [-0.2, 0) is 43.8 Å². The molecule has 0 amide bonds. The normalized spacial score (nSPS) is 20.2. The van der Waals surface area contributed by atoms with Crippen LogP contribution >= 0.6 is 0 Å².